The van der Waals surface area contributed by atoms with Gasteiger partial charge in [-0.25, -0.2) is 0 Å². The summed E-state index contributed by atoms with van der Waals surface area (Å²) in [5.74, 6) is 1.66. The van der Waals surface area contributed by atoms with Crippen molar-refractivity contribution in [3.8, 4) is 5.75 Å². The maximum atomic E-state index is 12.2. The first kappa shape index (κ1) is 13.7. The van der Waals surface area contributed by atoms with Crippen molar-refractivity contribution in [2.24, 2.45) is 0 Å². The summed E-state index contributed by atoms with van der Waals surface area (Å²) in [5, 5.41) is 6.35. The highest BCUT2D eigenvalue weighted by atomic mass is 16.5. The zero-order valence-corrected chi connectivity index (χ0v) is 11.9. The third kappa shape index (κ3) is 3.25. The van der Waals surface area contributed by atoms with E-state index in [1.807, 2.05) is 31.2 Å². The van der Waals surface area contributed by atoms with Gasteiger partial charge in [0.25, 0.3) is 0 Å². The summed E-state index contributed by atoms with van der Waals surface area (Å²) in [6.07, 6.45) is 1.77. The van der Waals surface area contributed by atoms with Crippen LogP contribution in [-0.2, 0) is 6.54 Å². The van der Waals surface area contributed by atoms with Crippen molar-refractivity contribution in [1.82, 2.24) is 5.32 Å². The van der Waals surface area contributed by atoms with Crippen LogP contribution in [0, 0.1) is 0 Å². The Morgan fingerprint density at radius 3 is 3.14 bits per heavy atom. The Bertz CT molecular complexity index is 622. The van der Waals surface area contributed by atoms with Crippen LogP contribution in [0.2, 0.25) is 0 Å². The number of ether oxygens (including phenoxy) is 1. The van der Waals surface area contributed by atoms with E-state index in [4.69, 9.17) is 9.15 Å². The van der Waals surface area contributed by atoms with E-state index in [1.54, 1.807) is 12.3 Å². The number of benzene rings is 1. The summed E-state index contributed by atoms with van der Waals surface area (Å²) in [6.45, 7) is 3.58. The lowest BCUT2D eigenvalue weighted by molar-refractivity contribution is 0.0990. The summed E-state index contributed by atoms with van der Waals surface area (Å²) in [4.78, 5) is 12.2. The van der Waals surface area contributed by atoms with Crippen molar-refractivity contribution in [3.63, 3.8) is 0 Å². The van der Waals surface area contributed by atoms with Gasteiger partial charge in [0.2, 0.25) is 0 Å². The van der Waals surface area contributed by atoms with Crippen LogP contribution in [0.5, 0.6) is 5.75 Å². The second-order valence-corrected chi connectivity index (χ2v) is 5.13. The fraction of sp³-hybridized carbons (Fsp3) is 0.312. The predicted octanol–water partition coefficient (Wildman–Crippen LogP) is 2.44. The van der Waals surface area contributed by atoms with Gasteiger partial charge in [-0.2, -0.15) is 0 Å². The van der Waals surface area contributed by atoms with E-state index in [2.05, 4.69) is 10.6 Å². The second kappa shape index (κ2) is 6.01. The van der Waals surface area contributed by atoms with E-state index in [0.717, 1.165) is 23.7 Å². The number of nitrogens with one attached hydrogen (secondary N) is 2. The number of fused-ring (bicyclic) bond motifs is 1. The predicted molar refractivity (Wildman–Crippen MR) is 79.8 cm³/mol. The number of rotatable bonds is 5. The van der Waals surface area contributed by atoms with Crippen LogP contribution in [0.1, 0.15) is 23.0 Å². The fourth-order valence-corrected chi connectivity index (χ4v) is 2.27. The molecule has 0 saturated heterocycles. The summed E-state index contributed by atoms with van der Waals surface area (Å²) in [5.41, 5.74) is 1.55. The number of carbonyl (C=O) groups excluding carboxylic acids is 1. The molecule has 21 heavy (non-hydrogen) atoms. The molecule has 0 fully saturated rings. The van der Waals surface area contributed by atoms with Gasteiger partial charge in [0.05, 0.1) is 31.6 Å². The number of hydrogen-bond donors (Lipinski definition) is 2. The van der Waals surface area contributed by atoms with Gasteiger partial charge in [-0.05, 0) is 37.3 Å². The number of Topliss-reactive ketones (excluding diaryl/α,β-unsaturated/α-hetero) is 1. The minimum Gasteiger partial charge on any atom is -0.487 e. The van der Waals surface area contributed by atoms with E-state index >= 15 is 0 Å². The third-order valence-electron chi connectivity index (χ3n) is 3.37. The van der Waals surface area contributed by atoms with E-state index in [9.17, 15) is 4.79 Å². The summed E-state index contributed by atoms with van der Waals surface area (Å²) < 4.78 is 10.9. The molecular formula is C16H18N2O3. The van der Waals surface area contributed by atoms with Gasteiger partial charge < -0.3 is 19.8 Å². The lowest BCUT2D eigenvalue weighted by atomic mass is 10.1. The normalized spacial score (nSPS) is 16.7. The molecule has 0 amide bonds. The molecule has 3 rings (SSSR count). The molecule has 1 atom stereocenters. The van der Waals surface area contributed by atoms with Crippen LogP contribution in [0.4, 0.5) is 5.69 Å². The zero-order valence-electron chi connectivity index (χ0n) is 11.9. The number of anilines is 1. The lowest BCUT2D eigenvalue weighted by Crippen LogP contribution is -2.28. The zero-order chi connectivity index (χ0) is 14.7. The van der Waals surface area contributed by atoms with Crippen LogP contribution in [-0.4, -0.2) is 25.0 Å². The van der Waals surface area contributed by atoms with Gasteiger partial charge in [-0.3, -0.25) is 4.79 Å². The Morgan fingerprint density at radius 2 is 2.33 bits per heavy atom. The maximum absolute atomic E-state index is 12.2. The van der Waals surface area contributed by atoms with Gasteiger partial charge in [0, 0.05) is 5.56 Å². The molecule has 0 bridgehead atoms. The molecule has 2 aromatic rings. The first-order valence-corrected chi connectivity index (χ1v) is 7.03. The highest BCUT2D eigenvalue weighted by molar-refractivity contribution is 5.98. The molecule has 1 aliphatic rings. The van der Waals surface area contributed by atoms with Gasteiger partial charge in [0.1, 0.15) is 17.6 Å². The lowest BCUT2D eigenvalue weighted by Gasteiger charge is -2.25. The summed E-state index contributed by atoms with van der Waals surface area (Å²) in [7, 11) is 0. The number of carbonyl (C=O) groups is 1. The minimum absolute atomic E-state index is 0.0461. The number of ketones is 1. The van der Waals surface area contributed by atoms with Crippen molar-refractivity contribution in [2.75, 3.05) is 18.4 Å². The molecule has 0 aliphatic carbocycles. The average Bonchev–Trinajstić information content (AvgIpc) is 3.00. The molecule has 5 nitrogen and oxygen atoms in total. The molecule has 5 heteroatoms. The third-order valence-corrected chi connectivity index (χ3v) is 3.37. The van der Waals surface area contributed by atoms with Crippen molar-refractivity contribution >= 4 is 11.5 Å². The Balaban J connectivity index is 1.60. The smallest absolute Gasteiger partial charge is 0.176 e. The highest BCUT2D eigenvalue weighted by Crippen LogP contribution is 2.29. The topological polar surface area (TPSA) is 63.5 Å². The van der Waals surface area contributed by atoms with E-state index in [0.29, 0.717) is 12.1 Å². The first-order chi connectivity index (χ1) is 10.2. The Kier molecular flexibility index (Phi) is 3.92. The molecule has 0 saturated carbocycles. The molecule has 1 unspecified atom stereocenters. The molecular weight excluding hydrogens is 268 g/mol. The van der Waals surface area contributed by atoms with E-state index in [-0.39, 0.29) is 18.4 Å². The molecule has 1 aromatic heterocycles. The molecule has 0 spiro atoms. The number of furan rings is 1. The van der Waals surface area contributed by atoms with Crippen LogP contribution in [0.15, 0.2) is 41.0 Å². The van der Waals surface area contributed by atoms with Gasteiger partial charge in [0.15, 0.2) is 5.78 Å². The molecule has 2 N–H and O–H groups in total. The maximum Gasteiger partial charge on any atom is 0.176 e. The van der Waals surface area contributed by atoms with Gasteiger partial charge in [-0.15, -0.1) is 0 Å². The molecule has 110 valence electrons. The average molecular weight is 286 g/mol. The Hall–Kier alpha value is -2.27. The first-order valence-electron chi connectivity index (χ1n) is 7.03. The van der Waals surface area contributed by atoms with Crippen molar-refractivity contribution in [2.45, 2.75) is 19.6 Å². The van der Waals surface area contributed by atoms with Crippen molar-refractivity contribution < 1.29 is 13.9 Å². The van der Waals surface area contributed by atoms with Gasteiger partial charge in [-0.1, -0.05) is 0 Å². The minimum atomic E-state index is 0.0461. The van der Waals surface area contributed by atoms with E-state index < -0.39 is 0 Å². The van der Waals surface area contributed by atoms with Crippen LogP contribution in [0.3, 0.4) is 0 Å². The van der Waals surface area contributed by atoms with Gasteiger partial charge >= 0.3 is 0 Å². The van der Waals surface area contributed by atoms with E-state index in [1.165, 1.54) is 0 Å². The Labute approximate surface area is 123 Å². The van der Waals surface area contributed by atoms with Crippen molar-refractivity contribution in [1.29, 1.82) is 0 Å². The SMILES string of the molecule is CC1CNc2cc(C(=O)CNCc3ccco3)ccc2O1. The quantitative estimate of drug-likeness (QED) is 0.827. The highest BCUT2D eigenvalue weighted by Gasteiger charge is 2.17. The molecule has 1 aromatic carbocycles. The Morgan fingerprint density at radius 1 is 1.43 bits per heavy atom. The second-order valence-electron chi connectivity index (χ2n) is 5.13. The molecule has 1 aliphatic heterocycles. The van der Waals surface area contributed by atoms with Crippen molar-refractivity contribution in [3.05, 3.63) is 47.9 Å². The monoisotopic (exact) mass is 286 g/mol. The standard InChI is InChI=1S/C16H18N2O3/c1-11-8-18-14-7-12(4-5-16(14)21-11)15(19)10-17-9-13-3-2-6-20-13/h2-7,11,17-18H,8-10H2,1H3. The number of hydrogen-bond acceptors (Lipinski definition) is 5. The summed E-state index contributed by atoms with van der Waals surface area (Å²) in [6, 6.07) is 9.19. The molecule has 0 radical (unpaired) electrons. The summed E-state index contributed by atoms with van der Waals surface area (Å²) >= 11 is 0. The van der Waals surface area contributed by atoms with Crippen LogP contribution < -0.4 is 15.4 Å². The largest absolute Gasteiger partial charge is 0.487 e. The van der Waals surface area contributed by atoms with Crippen LogP contribution in [0.25, 0.3) is 0 Å². The molecule has 2 heterocycles. The van der Waals surface area contributed by atoms with Crippen LogP contribution >= 0.6 is 0 Å². The fourth-order valence-electron chi connectivity index (χ4n) is 2.27.